The molecule has 1 atom stereocenters. The SMILES string of the molecule is C[C@H](Nc1ccc2ccccc2c1)C(=O)N1CCCC1. The van der Waals surface area contributed by atoms with Gasteiger partial charge in [-0.15, -0.1) is 0 Å². The molecule has 0 spiro atoms. The lowest BCUT2D eigenvalue weighted by Gasteiger charge is -2.22. The Kier molecular flexibility index (Phi) is 3.59. The molecule has 3 heteroatoms. The van der Waals surface area contributed by atoms with Gasteiger partial charge in [-0.2, -0.15) is 0 Å². The first-order valence-electron chi connectivity index (χ1n) is 7.28. The van der Waals surface area contributed by atoms with E-state index in [2.05, 4.69) is 29.6 Å². The van der Waals surface area contributed by atoms with E-state index in [0.29, 0.717) is 0 Å². The van der Waals surface area contributed by atoms with Crippen LogP contribution in [0.2, 0.25) is 0 Å². The van der Waals surface area contributed by atoms with E-state index in [1.54, 1.807) is 0 Å². The van der Waals surface area contributed by atoms with Gasteiger partial charge in [-0.3, -0.25) is 4.79 Å². The molecule has 104 valence electrons. The Labute approximate surface area is 119 Å². The summed E-state index contributed by atoms with van der Waals surface area (Å²) >= 11 is 0. The molecule has 0 saturated carbocycles. The molecule has 1 amide bonds. The summed E-state index contributed by atoms with van der Waals surface area (Å²) in [5, 5.41) is 5.73. The lowest BCUT2D eigenvalue weighted by molar-refractivity contribution is -0.130. The fraction of sp³-hybridized carbons (Fsp3) is 0.353. The molecule has 1 fully saturated rings. The molecule has 0 unspecified atom stereocenters. The summed E-state index contributed by atoms with van der Waals surface area (Å²) < 4.78 is 0. The number of hydrogen-bond acceptors (Lipinski definition) is 2. The molecule has 3 rings (SSSR count). The lowest BCUT2D eigenvalue weighted by atomic mass is 10.1. The van der Waals surface area contributed by atoms with Crippen LogP contribution in [0.5, 0.6) is 0 Å². The van der Waals surface area contributed by atoms with Gasteiger partial charge in [-0.1, -0.05) is 30.3 Å². The highest BCUT2D eigenvalue weighted by atomic mass is 16.2. The summed E-state index contributed by atoms with van der Waals surface area (Å²) in [6.07, 6.45) is 2.27. The Morgan fingerprint density at radius 3 is 2.55 bits per heavy atom. The first kappa shape index (κ1) is 13.0. The number of nitrogens with zero attached hydrogens (tertiary/aromatic N) is 1. The van der Waals surface area contributed by atoms with E-state index < -0.39 is 0 Å². The molecule has 2 aromatic carbocycles. The summed E-state index contributed by atoms with van der Waals surface area (Å²) in [5.74, 6) is 0.204. The second kappa shape index (κ2) is 5.53. The van der Waals surface area contributed by atoms with E-state index >= 15 is 0 Å². The number of nitrogens with one attached hydrogen (secondary N) is 1. The van der Waals surface area contributed by atoms with E-state index in [-0.39, 0.29) is 11.9 Å². The number of carbonyl (C=O) groups excluding carboxylic acids is 1. The Morgan fingerprint density at radius 2 is 1.80 bits per heavy atom. The van der Waals surface area contributed by atoms with E-state index in [1.807, 2.05) is 30.0 Å². The molecule has 3 nitrogen and oxygen atoms in total. The fourth-order valence-electron chi connectivity index (χ4n) is 2.80. The van der Waals surface area contributed by atoms with E-state index in [9.17, 15) is 4.79 Å². The summed E-state index contributed by atoms with van der Waals surface area (Å²) in [7, 11) is 0. The van der Waals surface area contributed by atoms with Gasteiger partial charge >= 0.3 is 0 Å². The van der Waals surface area contributed by atoms with Gasteiger partial charge in [0, 0.05) is 18.8 Å². The van der Waals surface area contributed by atoms with Gasteiger partial charge in [0.25, 0.3) is 0 Å². The molecule has 1 aliphatic rings. The van der Waals surface area contributed by atoms with Crippen LogP contribution in [-0.4, -0.2) is 29.9 Å². The maximum Gasteiger partial charge on any atom is 0.244 e. The average molecular weight is 268 g/mol. The van der Waals surface area contributed by atoms with Crippen LogP contribution < -0.4 is 5.32 Å². The minimum atomic E-state index is -0.172. The molecule has 1 heterocycles. The third-order valence-electron chi connectivity index (χ3n) is 3.92. The van der Waals surface area contributed by atoms with E-state index in [1.165, 1.54) is 10.8 Å². The fourth-order valence-corrected chi connectivity index (χ4v) is 2.80. The number of hydrogen-bond donors (Lipinski definition) is 1. The molecule has 0 bridgehead atoms. The third-order valence-corrected chi connectivity index (χ3v) is 3.92. The zero-order valence-electron chi connectivity index (χ0n) is 11.8. The van der Waals surface area contributed by atoms with Crippen molar-refractivity contribution in [2.45, 2.75) is 25.8 Å². The van der Waals surface area contributed by atoms with Crippen molar-refractivity contribution in [3.63, 3.8) is 0 Å². The highest BCUT2D eigenvalue weighted by Crippen LogP contribution is 2.20. The lowest BCUT2D eigenvalue weighted by Crippen LogP contribution is -2.39. The van der Waals surface area contributed by atoms with Crippen molar-refractivity contribution < 1.29 is 4.79 Å². The number of amides is 1. The first-order chi connectivity index (χ1) is 9.74. The van der Waals surface area contributed by atoms with Gasteiger partial charge in [0.05, 0.1) is 0 Å². The Bertz CT molecular complexity index is 617. The van der Waals surface area contributed by atoms with Gasteiger partial charge in [-0.05, 0) is 42.7 Å². The number of anilines is 1. The average Bonchev–Trinajstić information content (AvgIpc) is 3.00. The molecular weight excluding hydrogens is 248 g/mol. The molecule has 2 aromatic rings. The predicted molar refractivity (Wildman–Crippen MR) is 82.8 cm³/mol. The maximum absolute atomic E-state index is 12.3. The smallest absolute Gasteiger partial charge is 0.244 e. The topological polar surface area (TPSA) is 32.3 Å². The second-order valence-corrected chi connectivity index (χ2v) is 5.46. The standard InChI is InChI=1S/C17H20N2O/c1-13(17(20)19-10-4-5-11-19)18-16-9-8-14-6-2-3-7-15(14)12-16/h2-3,6-9,12-13,18H,4-5,10-11H2,1H3/t13-/m0/s1. The van der Waals surface area contributed by atoms with E-state index in [4.69, 9.17) is 0 Å². The van der Waals surface area contributed by atoms with Crippen molar-refractivity contribution in [3.8, 4) is 0 Å². The molecule has 0 radical (unpaired) electrons. The molecule has 20 heavy (non-hydrogen) atoms. The Morgan fingerprint density at radius 1 is 1.10 bits per heavy atom. The van der Waals surface area contributed by atoms with E-state index in [0.717, 1.165) is 31.6 Å². The van der Waals surface area contributed by atoms with Crippen LogP contribution in [-0.2, 0) is 4.79 Å². The van der Waals surface area contributed by atoms with Crippen molar-refractivity contribution in [2.24, 2.45) is 0 Å². The van der Waals surface area contributed by atoms with Crippen LogP contribution in [0.4, 0.5) is 5.69 Å². The van der Waals surface area contributed by atoms with Gasteiger partial charge in [0.2, 0.25) is 5.91 Å². The quantitative estimate of drug-likeness (QED) is 0.926. The highest BCUT2D eigenvalue weighted by Gasteiger charge is 2.22. The zero-order valence-corrected chi connectivity index (χ0v) is 11.8. The Balaban J connectivity index is 1.73. The van der Waals surface area contributed by atoms with Gasteiger partial charge < -0.3 is 10.2 Å². The second-order valence-electron chi connectivity index (χ2n) is 5.46. The summed E-state index contributed by atoms with van der Waals surface area (Å²) in [6.45, 7) is 3.75. The highest BCUT2D eigenvalue weighted by molar-refractivity contribution is 5.88. The molecular formula is C17H20N2O. The third kappa shape index (κ3) is 2.62. The van der Waals surface area contributed by atoms with Crippen LogP contribution >= 0.6 is 0 Å². The van der Waals surface area contributed by atoms with Crippen molar-refractivity contribution in [1.82, 2.24) is 4.90 Å². The summed E-state index contributed by atoms with van der Waals surface area (Å²) in [4.78, 5) is 14.2. The number of rotatable bonds is 3. The molecule has 1 aliphatic heterocycles. The molecule has 1 N–H and O–H groups in total. The number of benzene rings is 2. The largest absolute Gasteiger partial charge is 0.374 e. The van der Waals surface area contributed by atoms with Crippen LogP contribution in [0.15, 0.2) is 42.5 Å². The van der Waals surface area contributed by atoms with Crippen LogP contribution in [0.3, 0.4) is 0 Å². The van der Waals surface area contributed by atoms with Gasteiger partial charge in [0.1, 0.15) is 6.04 Å². The molecule has 0 aromatic heterocycles. The number of likely N-dealkylation sites (tertiary alicyclic amines) is 1. The number of fused-ring (bicyclic) bond motifs is 1. The van der Waals surface area contributed by atoms with Crippen molar-refractivity contribution in [2.75, 3.05) is 18.4 Å². The predicted octanol–water partition coefficient (Wildman–Crippen LogP) is 3.26. The summed E-state index contributed by atoms with van der Waals surface area (Å²) in [6, 6.07) is 14.3. The van der Waals surface area contributed by atoms with Crippen molar-refractivity contribution in [1.29, 1.82) is 0 Å². The van der Waals surface area contributed by atoms with Crippen LogP contribution in [0.25, 0.3) is 10.8 Å². The maximum atomic E-state index is 12.3. The van der Waals surface area contributed by atoms with Crippen molar-refractivity contribution in [3.05, 3.63) is 42.5 Å². The monoisotopic (exact) mass is 268 g/mol. The van der Waals surface area contributed by atoms with Gasteiger partial charge in [-0.25, -0.2) is 0 Å². The number of carbonyl (C=O) groups is 1. The van der Waals surface area contributed by atoms with Crippen LogP contribution in [0.1, 0.15) is 19.8 Å². The minimum absolute atomic E-state index is 0.172. The first-order valence-corrected chi connectivity index (χ1v) is 7.28. The van der Waals surface area contributed by atoms with Gasteiger partial charge in [0.15, 0.2) is 0 Å². The molecule has 1 saturated heterocycles. The normalized spacial score (nSPS) is 16.4. The van der Waals surface area contributed by atoms with Crippen molar-refractivity contribution >= 4 is 22.4 Å². The van der Waals surface area contributed by atoms with Crippen LogP contribution in [0, 0.1) is 0 Å². The minimum Gasteiger partial charge on any atom is -0.374 e. The zero-order chi connectivity index (χ0) is 13.9. The summed E-state index contributed by atoms with van der Waals surface area (Å²) in [5.41, 5.74) is 1.00. The molecule has 0 aliphatic carbocycles. The Hall–Kier alpha value is -2.03.